The van der Waals surface area contributed by atoms with Gasteiger partial charge in [-0.05, 0) is 30.2 Å². The van der Waals surface area contributed by atoms with E-state index in [1.165, 1.54) is 13.2 Å². The predicted octanol–water partition coefficient (Wildman–Crippen LogP) is 1.99. The first-order valence-corrected chi connectivity index (χ1v) is 7.89. The van der Waals surface area contributed by atoms with E-state index in [4.69, 9.17) is 27.9 Å². The fourth-order valence-electron chi connectivity index (χ4n) is 1.48. The molecule has 0 saturated heterocycles. The zero-order valence-electron chi connectivity index (χ0n) is 9.95. The topological polar surface area (TPSA) is 55.4 Å². The van der Waals surface area contributed by atoms with Gasteiger partial charge in [0.2, 0.25) is 10.0 Å². The van der Waals surface area contributed by atoms with E-state index >= 15 is 0 Å². The van der Waals surface area contributed by atoms with Crippen molar-refractivity contribution in [3.8, 4) is 5.75 Å². The van der Waals surface area contributed by atoms with Crippen molar-refractivity contribution in [1.29, 1.82) is 0 Å². The number of ether oxygens (including phenoxy) is 1. The average Bonchev–Trinajstić information content (AvgIpc) is 2.36. The summed E-state index contributed by atoms with van der Waals surface area (Å²) < 4.78 is 31.4. The molecule has 4 nitrogen and oxygen atoms in total. The highest BCUT2D eigenvalue weighted by molar-refractivity contribution is 7.89. The van der Waals surface area contributed by atoms with Crippen LogP contribution in [0.4, 0.5) is 0 Å². The van der Waals surface area contributed by atoms with Crippen LogP contribution in [0, 0.1) is 0 Å². The number of rotatable bonds is 7. The standard InChI is InChI=1S/C11H15Cl2NO3S/c1-17-11-3-2-10(8-9(11)4-5-12)18(15,16)14-7-6-13/h2-3,8,14H,4-7H2,1H3. The van der Waals surface area contributed by atoms with Gasteiger partial charge in [-0.2, -0.15) is 0 Å². The molecule has 0 fully saturated rings. The molecule has 0 aliphatic carbocycles. The van der Waals surface area contributed by atoms with Crippen LogP contribution < -0.4 is 9.46 Å². The summed E-state index contributed by atoms with van der Waals surface area (Å²) in [4.78, 5) is 0.188. The van der Waals surface area contributed by atoms with Gasteiger partial charge in [-0.25, -0.2) is 13.1 Å². The van der Waals surface area contributed by atoms with Crippen LogP contribution in [0.1, 0.15) is 5.56 Å². The van der Waals surface area contributed by atoms with Gasteiger partial charge < -0.3 is 4.74 Å². The fourth-order valence-corrected chi connectivity index (χ4v) is 2.97. The number of hydrogen-bond donors (Lipinski definition) is 1. The minimum atomic E-state index is -3.52. The maximum Gasteiger partial charge on any atom is 0.240 e. The summed E-state index contributed by atoms with van der Waals surface area (Å²) in [5.41, 5.74) is 0.765. The number of benzene rings is 1. The van der Waals surface area contributed by atoms with E-state index in [1.807, 2.05) is 0 Å². The molecule has 0 spiro atoms. The Kier molecular flexibility index (Phi) is 6.21. The molecular formula is C11H15Cl2NO3S. The molecule has 1 aromatic carbocycles. The highest BCUT2D eigenvalue weighted by Crippen LogP contribution is 2.23. The number of sulfonamides is 1. The van der Waals surface area contributed by atoms with Gasteiger partial charge in [0.1, 0.15) is 5.75 Å². The van der Waals surface area contributed by atoms with Crippen LogP contribution in [-0.2, 0) is 16.4 Å². The lowest BCUT2D eigenvalue weighted by Crippen LogP contribution is -2.25. The molecule has 7 heteroatoms. The molecule has 102 valence electrons. The van der Waals surface area contributed by atoms with Gasteiger partial charge >= 0.3 is 0 Å². The van der Waals surface area contributed by atoms with Crippen LogP contribution in [0.25, 0.3) is 0 Å². The second-order valence-electron chi connectivity index (χ2n) is 3.50. The molecule has 0 bridgehead atoms. The highest BCUT2D eigenvalue weighted by Gasteiger charge is 2.15. The van der Waals surface area contributed by atoms with Gasteiger partial charge in [-0.3, -0.25) is 0 Å². The molecule has 0 radical (unpaired) electrons. The molecule has 0 aliphatic rings. The lowest BCUT2D eigenvalue weighted by molar-refractivity contribution is 0.409. The Bertz CT molecular complexity index is 491. The van der Waals surface area contributed by atoms with Crippen molar-refractivity contribution >= 4 is 33.2 Å². The summed E-state index contributed by atoms with van der Waals surface area (Å²) in [6.45, 7) is 0.195. The van der Waals surface area contributed by atoms with Gasteiger partial charge in [-0.1, -0.05) is 0 Å². The number of aryl methyl sites for hydroxylation is 1. The molecule has 0 aliphatic heterocycles. The highest BCUT2D eigenvalue weighted by atomic mass is 35.5. The molecule has 0 unspecified atom stereocenters. The number of hydrogen-bond acceptors (Lipinski definition) is 3. The molecule has 0 saturated carbocycles. The number of halogens is 2. The van der Waals surface area contributed by atoms with Gasteiger partial charge in [0.15, 0.2) is 0 Å². The normalized spacial score (nSPS) is 11.5. The van der Waals surface area contributed by atoms with Crippen LogP contribution in [0.5, 0.6) is 5.75 Å². The zero-order chi connectivity index (χ0) is 13.6. The van der Waals surface area contributed by atoms with E-state index in [-0.39, 0.29) is 17.3 Å². The third kappa shape index (κ3) is 4.02. The molecule has 0 amide bonds. The molecule has 1 aromatic rings. The summed E-state index contributed by atoms with van der Waals surface area (Å²) in [6.07, 6.45) is 0.545. The van der Waals surface area contributed by atoms with Crippen molar-refractivity contribution in [3.63, 3.8) is 0 Å². The largest absolute Gasteiger partial charge is 0.496 e. The molecule has 1 rings (SSSR count). The van der Waals surface area contributed by atoms with Crippen LogP contribution >= 0.6 is 23.2 Å². The maximum atomic E-state index is 11.9. The van der Waals surface area contributed by atoms with E-state index in [9.17, 15) is 8.42 Å². The summed E-state index contributed by atoms with van der Waals surface area (Å²) in [5, 5.41) is 0. The van der Waals surface area contributed by atoms with Crippen LogP contribution in [0.15, 0.2) is 23.1 Å². The third-order valence-corrected chi connectivity index (χ3v) is 4.15. The third-order valence-electron chi connectivity index (χ3n) is 2.31. The van der Waals surface area contributed by atoms with Crippen molar-refractivity contribution in [2.45, 2.75) is 11.3 Å². The van der Waals surface area contributed by atoms with E-state index in [0.717, 1.165) is 5.56 Å². The molecular weight excluding hydrogens is 297 g/mol. The average molecular weight is 312 g/mol. The summed E-state index contributed by atoms with van der Waals surface area (Å²) in [5.74, 6) is 1.26. The zero-order valence-corrected chi connectivity index (χ0v) is 12.3. The number of nitrogens with one attached hydrogen (secondary N) is 1. The lowest BCUT2D eigenvalue weighted by Gasteiger charge is -2.10. The molecule has 1 N–H and O–H groups in total. The van der Waals surface area contributed by atoms with E-state index in [1.54, 1.807) is 12.1 Å². The van der Waals surface area contributed by atoms with Gasteiger partial charge in [0, 0.05) is 18.3 Å². The Morgan fingerprint density at radius 2 is 2.00 bits per heavy atom. The fraction of sp³-hybridized carbons (Fsp3) is 0.455. The molecule has 0 atom stereocenters. The van der Waals surface area contributed by atoms with E-state index < -0.39 is 10.0 Å². The summed E-state index contributed by atoms with van der Waals surface area (Å²) >= 11 is 11.1. The molecule has 0 heterocycles. The number of methoxy groups -OCH3 is 1. The minimum Gasteiger partial charge on any atom is -0.496 e. The first-order valence-electron chi connectivity index (χ1n) is 5.33. The Labute approximate surface area is 117 Å². The van der Waals surface area contributed by atoms with E-state index in [0.29, 0.717) is 18.1 Å². The Hall–Kier alpha value is -0.490. The Balaban J connectivity index is 3.07. The first kappa shape index (κ1) is 15.6. The van der Waals surface area contributed by atoms with E-state index in [2.05, 4.69) is 4.72 Å². The summed E-state index contributed by atoms with van der Waals surface area (Å²) in [6, 6.07) is 4.68. The Morgan fingerprint density at radius 3 is 2.56 bits per heavy atom. The van der Waals surface area contributed by atoms with Crippen molar-refractivity contribution in [2.75, 3.05) is 25.4 Å². The maximum absolute atomic E-state index is 11.9. The first-order chi connectivity index (χ1) is 8.55. The minimum absolute atomic E-state index is 0.188. The van der Waals surface area contributed by atoms with Crippen molar-refractivity contribution in [1.82, 2.24) is 4.72 Å². The van der Waals surface area contributed by atoms with Crippen molar-refractivity contribution < 1.29 is 13.2 Å². The lowest BCUT2D eigenvalue weighted by atomic mass is 10.1. The van der Waals surface area contributed by atoms with Gasteiger partial charge in [0.25, 0.3) is 0 Å². The second-order valence-corrected chi connectivity index (χ2v) is 6.02. The van der Waals surface area contributed by atoms with Crippen molar-refractivity contribution in [3.05, 3.63) is 23.8 Å². The van der Waals surface area contributed by atoms with Crippen LogP contribution in [0.3, 0.4) is 0 Å². The van der Waals surface area contributed by atoms with Crippen LogP contribution in [-0.4, -0.2) is 33.8 Å². The predicted molar refractivity (Wildman–Crippen MR) is 73.3 cm³/mol. The molecule has 0 aromatic heterocycles. The van der Waals surface area contributed by atoms with Crippen molar-refractivity contribution in [2.24, 2.45) is 0 Å². The van der Waals surface area contributed by atoms with Gasteiger partial charge in [0.05, 0.1) is 12.0 Å². The quantitative estimate of drug-likeness (QED) is 0.784. The molecule has 18 heavy (non-hydrogen) atoms. The van der Waals surface area contributed by atoms with Crippen LogP contribution in [0.2, 0.25) is 0 Å². The number of alkyl halides is 2. The summed E-state index contributed by atoms with van der Waals surface area (Å²) in [7, 11) is -1.99. The SMILES string of the molecule is COc1ccc(S(=O)(=O)NCCCl)cc1CCCl. The van der Waals surface area contributed by atoms with Gasteiger partial charge in [-0.15, -0.1) is 23.2 Å². The smallest absolute Gasteiger partial charge is 0.240 e. The Morgan fingerprint density at radius 1 is 1.28 bits per heavy atom. The second kappa shape index (κ2) is 7.19. The monoisotopic (exact) mass is 311 g/mol.